The van der Waals surface area contributed by atoms with Crippen LogP contribution in [0.25, 0.3) is 0 Å². The van der Waals surface area contributed by atoms with E-state index < -0.39 is 0 Å². The van der Waals surface area contributed by atoms with Gasteiger partial charge < -0.3 is 5.73 Å². The van der Waals surface area contributed by atoms with Crippen LogP contribution < -0.4 is 5.73 Å². The minimum atomic E-state index is 0.262. The molecule has 0 fully saturated rings. The first-order valence-corrected chi connectivity index (χ1v) is 3.81. The lowest BCUT2D eigenvalue weighted by Crippen LogP contribution is -2.01. The zero-order valence-corrected chi connectivity index (χ0v) is 7.20. The van der Waals surface area contributed by atoms with Crippen molar-refractivity contribution in [1.29, 1.82) is 5.26 Å². The van der Waals surface area contributed by atoms with Crippen LogP contribution in [-0.4, -0.2) is 4.98 Å². The van der Waals surface area contributed by atoms with Crippen molar-refractivity contribution in [2.24, 2.45) is 0 Å². The summed E-state index contributed by atoms with van der Waals surface area (Å²) in [6.07, 6.45) is 1.62. The van der Waals surface area contributed by atoms with Crippen LogP contribution in [0.1, 0.15) is 31.0 Å². The second-order valence-corrected chi connectivity index (χ2v) is 2.92. The standard InChI is InChI=1S/C9H11N3/c1-6(2)9-8(11)7(5-10)3-4-12-9/h3-4,6H,11H2,1-2H3. The van der Waals surface area contributed by atoms with Gasteiger partial charge in [0.1, 0.15) is 6.07 Å². The molecule has 0 saturated heterocycles. The molecule has 1 rings (SSSR count). The summed E-state index contributed by atoms with van der Waals surface area (Å²) in [6, 6.07) is 3.65. The van der Waals surface area contributed by atoms with Gasteiger partial charge in [-0.25, -0.2) is 0 Å². The van der Waals surface area contributed by atoms with E-state index in [9.17, 15) is 0 Å². The number of hydrogen-bond acceptors (Lipinski definition) is 3. The summed E-state index contributed by atoms with van der Waals surface area (Å²) in [5, 5.41) is 8.67. The Labute approximate surface area is 71.8 Å². The summed E-state index contributed by atoms with van der Waals surface area (Å²) in [7, 11) is 0. The molecule has 12 heavy (non-hydrogen) atoms. The molecule has 0 radical (unpaired) electrons. The number of rotatable bonds is 1. The lowest BCUT2D eigenvalue weighted by molar-refractivity contribution is 0.826. The summed E-state index contributed by atoms with van der Waals surface area (Å²) in [5.74, 6) is 0.262. The molecule has 0 aliphatic heterocycles. The van der Waals surface area contributed by atoms with Crippen LogP contribution in [0.15, 0.2) is 12.3 Å². The van der Waals surface area contributed by atoms with Gasteiger partial charge in [0.2, 0.25) is 0 Å². The van der Waals surface area contributed by atoms with Crippen LogP contribution in [0.3, 0.4) is 0 Å². The first-order chi connectivity index (χ1) is 5.66. The van der Waals surface area contributed by atoms with Gasteiger partial charge in [-0.15, -0.1) is 0 Å². The molecule has 0 amide bonds. The predicted molar refractivity (Wildman–Crippen MR) is 47.5 cm³/mol. The highest BCUT2D eigenvalue weighted by Gasteiger charge is 2.08. The number of pyridine rings is 1. The molecule has 3 nitrogen and oxygen atoms in total. The number of nitriles is 1. The molecule has 62 valence electrons. The van der Waals surface area contributed by atoms with Gasteiger partial charge in [-0.05, 0) is 12.0 Å². The third-order valence-corrected chi connectivity index (χ3v) is 1.69. The van der Waals surface area contributed by atoms with Gasteiger partial charge in [0.05, 0.1) is 16.9 Å². The zero-order valence-electron chi connectivity index (χ0n) is 7.20. The number of aromatic nitrogens is 1. The van der Waals surface area contributed by atoms with Gasteiger partial charge in [-0.1, -0.05) is 13.8 Å². The average molecular weight is 161 g/mol. The summed E-state index contributed by atoms with van der Waals surface area (Å²) < 4.78 is 0. The van der Waals surface area contributed by atoms with E-state index in [0.29, 0.717) is 11.3 Å². The van der Waals surface area contributed by atoms with E-state index in [-0.39, 0.29) is 5.92 Å². The Morgan fingerprint density at radius 2 is 2.25 bits per heavy atom. The monoisotopic (exact) mass is 161 g/mol. The van der Waals surface area contributed by atoms with Crippen molar-refractivity contribution in [3.8, 4) is 6.07 Å². The largest absolute Gasteiger partial charge is 0.396 e. The number of nitrogens with zero attached hydrogens (tertiary/aromatic N) is 2. The Morgan fingerprint density at radius 3 is 2.75 bits per heavy atom. The highest BCUT2D eigenvalue weighted by Crippen LogP contribution is 2.21. The molecule has 0 spiro atoms. The highest BCUT2D eigenvalue weighted by molar-refractivity contribution is 5.57. The normalized spacial score (nSPS) is 9.83. The summed E-state index contributed by atoms with van der Waals surface area (Å²) in [5.41, 5.74) is 7.53. The summed E-state index contributed by atoms with van der Waals surface area (Å²) >= 11 is 0. The average Bonchev–Trinajstić information content (AvgIpc) is 2.04. The third kappa shape index (κ3) is 1.37. The quantitative estimate of drug-likeness (QED) is 0.681. The highest BCUT2D eigenvalue weighted by atomic mass is 14.7. The molecule has 2 N–H and O–H groups in total. The Balaban J connectivity index is 3.25. The first-order valence-electron chi connectivity index (χ1n) is 3.81. The SMILES string of the molecule is CC(C)c1nccc(C#N)c1N. The van der Waals surface area contributed by atoms with E-state index >= 15 is 0 Å². The number of hydrogen-bond donors (Lipinski definition) is 1. The molecule has 0 aromatic carbocycles. The van der Waals surface area contributed by atoms with Crippen LogP contribution in [0.2, 0.25) is 0 Å². The van der Waals surface area contributed by atoms with E-state index in [4.69, 9.17) is 11.0 Å². The van der Waals surface area contributed by atoms with Crippen LogP contribution >= 0.6 is 0 Å². The molecule has 0 atom stereocenters. The lowest BCUT2D eigenvalue weighted by Gasteiger charge is -2.07. The van der Waals surface area contributed by atoms with Gasteiger partial charge in [0.25, 0.3) is 0 Å². The van der Waals surface area contributed by atoms with Crippen molar-refractivity contribution in [2.45, 2.75) is 19.8 Å². The fourth-order valence-electron chi connectivity index (χ4n) is 1.05. The second kappa shape index (κ2) is 3.22. The topological polar surface area (TPSA) is 62.7 Å². The molecule has 1 aromatic heterocycles. The van der Waals surface area contributed by atoms with Gasteiger partial charge in [0, 0.05) is 6.20 Å². The fraction of sp³-hybridized carbons (Fsp3) is 0.333. The minimum Gasteiger partial charge on any atom is -0.396 e. The van der Waals surface area contributed by atoms with Gasteiger partial charge >= 0.3 is 0 Å². The van der Waals surface area contributed by atoms with Crippen LogP contribution in [0.4, 0.5) is 5.69 Å². The maximum Gasteiger partial charge on any atom is 0.101 e. The van der Waals surface area contributed by atoms with Crippen LogP contribution in [-0.2, 0) is 0 Å². The van der Waals surface area contributed by atoms with E-state index in [1.165, 1.54) is 0 Å². The zero-order chi connectivity index (χ0) is 9.14. The molecule has 0 aliphatic rings. The molecule has 0 bridgehead atoms. The molecule has 0 unspecified atom stereocenters. The number of nitrogen functional groups attached to an aromatic ring is 1. The summed E-state index contributed by atoms with van der Waals surface area (Å²) in [4.78, 5) is 4.11. The van der Waals surface area contributed by atoms with Crippen LogP contribution in [0.5, 0.6) is 0 Å². The molecule has 1 heterocycles. The van der Waals surface area contributed by atoms with E-state index in [1.54, 1.807) is 12.3 Å². The summed E-state index contributed by atoms with van der Waals surface area (Å²) in [6.45, 7) is 4.00. The molecular formula is C9H11N3. The molecule has 1 aromatic rings. The van der Waals surface area contributed by atoms with Crippen molar-refractivity contribution in [3.05, 3.63) is 23.5 Å². The fourth-order valence-corrected chi connectivity index (χ4v) is 1.05. The Morgan fingerprint density at radius 1 is 1.58 bits per heavy atom. The van der Waals surface area contributed by atoms with Crippen LogP contribution in [0, 0.1) is 11.3 Å². The van der Waals surface area contributed by atoms with Gasteiger partial charge in [0.15, 0.2) is 0 Å². The van der Waals surface area contributed by atoms with E-state index in [2.05, 4.69) is 4.98 Å². The van der Waals surface area contributed by atoms with E-state index in [0.717, 1.165) is 5.69 Å². The maximum absolute atomic E-state index is 8.67. The smallest absolute Gasteiger partial charge is 0.101 e. The van der Waals surface area contributed by atoms with E-state index in [1.807, 2.05) is 19.9 Å². The lowest BCUT2D eigenvalue weighted by atomic mass is 10.1. The first kappa shape index (κ1) is 8.54. The number of anilines is 1. The third-order valence-electron chi connectivity index (χ3n) is 1.69. The molecule has 0 saturated carbocycles. The Hall–Kier alpha value is -1.56. The van der Waals surface area contributed by atoms with Crippen molar-refractivity contribution < 1.29 is 0 Å². The van der Waals surface area contributed by atoms with Crippen molar-refractivity contribution in [2.75, 3.05) is 5.73 Å². The molecular weight excluding hydrogens is 150 g/mol. The van der Waals surface area contributed by atoms with Crippen molar-refractivity contribution in [1.82, 2.24) is 4.98 Å². The Kier molecular flexibility index (Phi) is 2.29. The predicted octanol–water partition coefficient (Wildman–Crippen LogP) is 1.66. The maximum atomic E-state index is 8.67. The molecule has 0 aliphatic carbocycles. The van der Waals surface area contributed by atoms with Gasteiger partial charge in [-0.2, -0.15) is 5.26 Å². The van der Waals surface area contributed by atoms with Crippen molar-refractivity contribution in [3.63, 3.8) is 0 Å². The Bertz CT molecular complexity index is 323. The number of nitrogens with two attached hydrogens (primary N) is 1. The van der Waals surface area contributed by atoms with Gasteiger partial charge in [-0.3, -0.25) is 4.98 Å². The second-order valence-electron chi connectivity index (χ2n) is 2.92. The minimum absolute atomic E-state index is 0.262. The van der Waals surface area contributed by atoms with Crippen molar-refractivity contribution >= 4 is 5.69 Å². The molecule has 3 heteroatoms.